The normalized spacial score (nSPS) is 27.6. The lowest BCUT2D eigenvalue weighted by Crippen LogP contribution is -2.58. The van der Waals surface area contributed by atoms with Gasteiger partial charge in [0.1, 0.15) is 11.5 Å². The first-order valence-electron chi connectivity index (χ1n) is 14.4. The van der Waals surface area contributed by atoms with E-state index in [1.165, 1.54) is 25.7 Å². The zero-order valence-corrected chi connectivity index (χ0v) is 23.3. The molecule has 2 amide bonds. The minimum atomic E-state index is -0.678. The third-order valence-corrected chi connectivity index (χ3v) is 8.91. The Morgan fingerprint density at radius 3 is 2.62 bits per heavy atom. The van der Waals surface area contributed by atoms with E-state index in [9.17, 15) is 9.59 Å². The summed E-state index contributed by atoms with van der Waals surface area (Å²) < 4.78 is 0. The van der Waals surface area contributed by atoms with Gasteiger partial charge in [0.25, 0.3) is 5.91 Å². The summed E-state index contributed by atoms with van der Waals surface area (Å²) in [6.45, 7) is 4.72. The van der Waals surface area contributed by atoms with Crippen LogP contribution in [0.2, 0.25) is 0 Å². The molecule has 5 aliphatic rings. The second-order valence-electron chi connectivity index (χ2n) is 11.7. The molecule has 10 heteroatoms. The van der Waals surface area contributed by atoms with Crippen LogP contribution in [0.3, 0.4) is 0 Å². The molecule has 2 atom stereocenters. The van der Waals surface area contributed by atoms with Crippen molar-refractivity contribution in [1.82, 2.24) is 25.0 Å². The van der Waals surface area contributed by atoms with Crippen LogP contribution in [0.5, 0.6) is 0 Å². The number of piperazine rings is 1. The van der Waals surface area contributed by atoms with Crippen molar-refractivity contribution >= 4 is 29.3 Å². The highest BCUT2D eigenvalue weighted by atomic mass is 16.2. The van der Waals surface area contributed by atoms with Gasteiger partial charge in [0.05, 0.1) is 17.9 Å². The number of nitrogens with zero attached hydrogens (tertiary/aromatic N) is 6. The van der Waals surface area contributed by atoms with Crippen molar-refractivity contribution in [2.24, 2.45) is 4.99 Å². The molecule has 39 heavy (non-hydrogen) atoms. The Morgan fingerprint density at radius 2 is 1.87 bits per heavy atom. The Hall–Kier alpha value is -3.40. The number of carbonyl (C=O) groups excluding carboxylic acids is 2. The maximum Gasteiger partial charge on any atom is 0.269 e. The average Bonchev–Trinajstić information content (AvgIpc) is 3.26. The number of amides is 2. The van der Waals surface area contributed by atoms with Crippen molar-refractivity contribution in [3.8, 4) is 0 Å². The lowest BCUT2D eigenvalue weighted by atomic mass is 9.91. The Kier molecular flexibility index (Phi) is 6.82. The van der Waals surface area contributed by atoms with Crippen molar-refractivity contribution in [3.63, 3.8) is 0 Å². The van der Waals surface area contributed by atoms with Crippen LogP contribution in [0.1, 0.15) is 58.3 Å². The third kappa shape index (κ3) is 4.68. The summed E-state index contributed by atoms with van der Waals surface area (Å²) in [6.07, 6.45) is 14.6. The molecule has 10 nitrogen and oxygen atoms in total. The number of hydrogen-bond acceptors (Lipinski definition) is 8. The van der Waals surface area contributed by atoms with Gasteiger partial charge in [-0.2, -0.15) is 0 Å². The lowest BCUT2D eigenvalue weighted by molar-refractivity contribution is -0.128. The first-order valence-corrected chi connectivity index (χ1v) is 14.4. The largest absolute Gasteiger partial charge is 0.344 e. The van der Waals surface area contributed by atoms with Crippen LogP contribution in [0.15, 0.2) is 46.9 Å². The number of nitrogens with one attached hydrogen (secondary N) is 2. The molecule has 0 aromatic carbocycles. The van der Waals surface area contributed by atoms with Crippen LogP contribution < -0.4 is 15.5 Å². The maximum atomic E-state index is 13.2. The van der Waals surface area contributed by atoms with Gasteiger partial charge < -0.3 is 25.3 Å². The highest BCUT2D eigenvalue weighted by Crippen LogP contribution is 2.44. The van der Waals surface area contributed by atoms with Gasteiger partial charge in [-0.3, -0.25) is 14.5 Å². The highest BCUT2D eigenvalue weighted by molar-refractivity contribution is 5.99. The molecule has 3 fully saturated rings. The summed E-state index contributed by atoms with van der Waals surface area (Å²) in [4.78, 5) is 44.2. The SMILES string of the molecule is CN(C)C(=O)C1=CC2=CNC(Nc3ccc(N4CCN5CCCCC5C4=O)cn3)=NC2(C)N1C1CCCCC1. The molecule has 0 spiro atoms. The predicted molar refractivity (Wildman–Crippen MR) is 152 cm³/mol. The molecule has 2 N–H and O–H groups in total. The standard InChI is InChI=1S/C29H40N8O2/c1-29-20(17-24(26(38)34(2)3)37(29)21-9-5-4-6-10-21)18-31-28(33-29)32-25-13-12-22(19-30-25)36-16-15-35-14-8-7-11-23(35)27(36)39/h12-13,17-19,21,23H,4-11,14-16H2,1-3H3,(H2,30,31,32,33). The first kappa shape index (κ1) is 25.9. The minimum absolute atomic E-state index is 0.00247. The molecular weight excluding hydrogens is 492 g/mol. The number of hydrogen-bond donors (Lipinski definition) is 2. The molecule has 0 bridgehead atoms. The van der Waals surface area contributed by atoms with Gasteiger partial charge in [0.2, 0.25) is 11.9 Å². The molecule has 1 aliphatic carbocycles. The topological polar surface area (TPSA) is 96.4 Å². The summed E-state index contributed by atoms with van der Waals surface area (Å²) in [6, 6.07) is 4.13. The van der Waals surface area contributed by atoms with Crippen LogP contribution in [0.25, 0.3) is 0 Å². The summed E-state index contributed by atoms with van der Waals surface area (Å²) in [5, 5.41) is 6.59. The van der Waals surface area contributed by atoms with Gasteiger partial charge in [-0.1, -0.05) is 25.7 Å². The number of carbonyl (C=O) groups is 2. The van der Waals surface area contributed by atoms with Gasteiger partial charge >= 0.3 is 0 Å². The van der Waals surface area contributed by atoms with Crippen LogP contribution in [-0.2, 0) is 9.59 Å². The van der Waals surface area contributed by atoms with Crippen LogP contribution >= 0.6 is 0 Å². The van der Waals surface area contributed by atoms with E-state index in [2.05, 4.69) is 32.3 Å². The molecule has 1 aromatic heterocycles. The summed E-state index contributed by atoms with van der Waals surface area (Å²) in [5.41, 5.74) is 1.84. The van der Waals surface area contributed by atoms with Crippen molar-refractivity contribution < 1.29 is 9.59 Å². The fraction of sp³-hybridized carbons (Fsp3) is 0.586. The maximum absolute atomic E-state index is 13.2. The van der Waals surface area contributed by atoms with E-state index in [4.69, 9.17) is 4.99 Å². The van der Waals surface area contributed by atoms with Gasteiger partial charge in [-0.05, 0) is 57.4 Å². The second-order valence-corrected chi connectivity index (χ2v) is 11.7. The van der Waals surface area contributed by atoms with E-state index < -0.39 is 5.66 Å². The zero-order valence-electron chi connectivity index (χ0n) is 23.3. The number of rotatable bonds is 4. The molecule has 2 unspecified atom stereocenters. The number of likely N-dealkylation sites (N-methyl/N-ethyl adjacent to an activating group) is 1. The fourth-order valence-corrected chi connectivity index (χ4v) is 6.82. The number of fused-ring (bicyclic) bond motifs is 2. The molecule has 4 aliphatic heterocycles. The van der Waals surface area contributed by atoms with E-state index in [0.717, 1.165) is 50.0 Å². The first-order chi connectivity index (χ1) is 18.8. The van der Waals surface area contributed by atoms with E-state index in [1.54, 1.807) is 25.2 Å². The fourth-order valence-electron chi connectivity index (χ4n) is 6.82. The number of pyridine rings is 1. The second kappa shape index (κ2) is 10.3. The number of piperidine rings is 1. The number of guanidine groups is 1. The van der Waals surface area contributed by atoms with Crippen LogP contribution in [0, 0.1) is 0 Å². The van der Waals surface area contributed by atoms with Gasteiger partial charge in [-0.15, -0.1) is 0 Å². The molecule has 6 rings (SSSR count). The molecule has 208 valence electrons. The van der Waals surface area contributed by atoms with Gasteiger partial charge in [-0.25, -0.2) is 9.98 Å². The highest BCUT2D eigenvalue weighted by Gasteiger charge is 2.48. The molecule has 2 saturated heterocycles. The number of aliphatic imine (C=N–C) groups is 1. The molecule has 1 saturated carbocycles. The summed E-state index contributed by atoms with van der Waals surface area (Å²) in [7, 11) is 3.60. The van der Waals surface area contributed by atoms with Crippen LogP contribution in [0.4, 0.5) is 11.5 Å². The zero-order chi connectivity index (χ0) is 27.1. The summed E-state index contributed by atoms with van der Waals surface area (Å²) in [5.74, 6) is 1.42. The smallest absolute Gasteiger partial charge is 0.269 e. The van der Waals surface area contributed by atoms with Crippen molar-refractivity contribution in [2.45, 2.75) is 76.0 Å². The van der Waals surface area contributed by atoms with Crippen molar-refractivity contribution in [1.29, 1.82) is 0 Å². The molecule has 5 heterocycles. The van der Waals surface area contributed by atoms with Crippen molar-refractivity contribution in [3.05, 3.63) is 41.9 Å². The molecular formula is C29H40N8O2. The van der Waals surface area contributed by atoms with E-state index >= 15 is 0 Å². The Bertz CT molecular complexity index is 1220. The Labute approximate surface area is 230 Å². The number of aromatic nitrogens is 1. The van der Waals surface area contributed by atoms with Gasteiger partial charge in [0, 0.05) is 45.0 Å². The monoisotopic (exact) mass is 532 g/mol. The van der Waals surface area contributed by atoms with Crippen LogP contribution in [-0.4, -0.2) is 88.9 Å². The molecule has 1 aromatic rings. The number of anilines is 2. The predicted octanol–water partition coefficient (Wildman–Crippen LogP) is 2.87. The third-order valence-electron chi connectivity index (χ3n) is 8.91. The van der Waals surface area contributed by atoms with E-state index in [1.807, 2.05) is 29.3 Å². The quantitative estimate of drug-likeness (QED) is 0.616. The van der Waals surface area contributed by atoms with E-state index in [0.29, 0.717) is 24.0 Å². The van der Waals surface area contributed by atoms with Gasteiger partial charge in [0.15, 0.2) is 5.66 Å². The average molecular weight is 533 g/mol. The van der Waals surface area contributed by atoms with E-state index in [-0.39, 0.29) is 23.9 Å². The summed E-state index contributed by atoms with van der Waals surface area (Å²) >= 11 is 0. The Morgan fingerprint density at radius 1 is 1.08 bits per heavy atom. The van der Waals surface area contributed by atoms with Crippen molar-refractivity contribution in [2.75, 3.05) is 43.9 Å². The Balaban J connectivity index is 1.20. The molecule has 0 radical (unpaired) electrons. The lowest BCUT2D eigenvalue weighted by Gasteiger charge is -2.44. The minimum Gasteiger partial charge on any atom is -0.344 e.